The molecule has 0 saturated heterocycles. The van der Waals surface area contributed by atoms with Crippen LogP contribution in [0.15, 0.2) is 60.8 Å². The minimum atomic E-state index is -0.417. The molecule has 0 aliphatic heterocycles. The largest absolute Gasteiger partial charge is 0.218 e. The van der Waals surface area contributed by atoms with Gasteiger partial charge < -0.3 is 0 Å². The average Bonchev–Trinajstić information content (AvgIpc) is 3.23. The molecule has 0 unspecified atom stereocenters. The molecule has 124 valence electrons. The second-order valence-corrected chi connectivity index (χ2v) is 5.70. The molecule has 6 nitrogen and oxygen atoms in total. The lowest BCUT2D eigenvalue weighted by atomic mass is 10.2. The average molecular weight is 355 g/mol. The first-order valence-corrected chi connectivity index (χ1v) is 7.91. The molecule has 0 radical (unpaired) electrons. The summed E-state index contributed by atoms with van der Waals surface area (Å²) in [5.74, 6) is -0.0803. The lowest BCUT2D eigenvalue weighted by Crippen LogP contribution is -2.03. The lowest BCUT2D eigenvalue weighted by Gasteiger charge is -2.04. The van der Waals surface area contributed by atoms with Gasteiger partial charge in [-0.2, -0.15) is 9.90 Å². The lowest BCUT2D eigenvalue weighted by molar-refractivity contribution is 0.573. The highest BCUT2D eigenvalue weighted by molar-refractivity contribution is 6.32. The predicted molar refractivity (Wildman–Crippen MR) is 90.9 cm³/mol. The number of nitrogens with zero attached hydrogens (tertiary/aromatic N) is 6. The van der Waals surface area contributed by atoms with E-state index in [4.69, 9.17) is 11.6 Å². The first kappa shape index (κ1) is 15.5. The van der Waals surface area contributed by atoms with Gasteiger partial charge in [-0.3, -0.25) is 0 Å². The summed E-state index contributed by atoms with van der Waals surface area (Å²) in [5, 5.41) is 16.8. The maximum absolute atomic E-state index is 13.9. The van der Waals surface area contributed by atoms with Gasteiger partial charge in [0, 0.05) is 0 Å². The summed E-state index contributed by atoms with van der Waals surface area (Å²) in [4.78, 5) is 1.47. The van der Waals surface area contributed by atoms with Crippen LogP contribution in [0.3, 0.4) is 0 Å². The highest BCUT2D eigenvalue weighted by atomic mass is 35.5. The van der Waals surface area contributed by atoms with Crippen LogP contribution in [0.1, 0.15) is 5.56 Å². The van der Waals surface area contributed by atoms with E-state index >= 15 is 0 Å². The molecule has 0 bridgehead atoms. The van der Waals surface area contributed by atoms with Crippen molar-refractivity contribution in [1.82, 2.24) is 30.0 Å². The van der Waals surface area contributed by atoms with Gasteiger partial charge in [0.1, 0.15) is 16.7 Å². The second kappa shape index (κ2) is 6.45. The highest BCUT2D eigenvalue weighted by Gasteiger charge is 2.18. The van der Waals surface area contributed by atoms with Crippen molar-refractivity contribution in [1.29, 1.82) is 0 Å². The van der Waals surface area contributed by atoms with Crippen molar-refractivity contribution in [3.63, 3.8) is 0 Å². The maximum atomic E-state index is 13.9. The number of aromatic nitrogens is 6. The minimum absolute atomic E-state index is 0.226. The standard InChI is InChI=1S/C17H12ClFN6/c18-16-13(10-20-25(16)15-9-5-4-8-14(15)19)17-21-23-24(22-17)11-12-6-2-1-3-7-12/h1-10H,11H2. The molecular formula is C17H12ClFN6. The van der Waals surface area contributed by atoms with Crippen molar-refractivity contribution < 1.29 is 4.39 Å². The molecule has 25 heavy (non-hydrogen) atoms. The number of hydrogen-bond acceptors (Lipinski definition) is 4. The van der Waals surface area contributed by atoms with Gasteiger partial charge in [0.2, 0.25) is 5.82 Å². The van der Waals surface area contributed by atoms with Gasteiger partial charge in [0.15, 0.2) is 0 Å². The maximum Gasteiger partial charge on any atom is 0.209 e. The zero-order valence-corrected chi connectivity index (χ0v) is 13.7. The molecule has 0 aliphatic rings. The van der Waals surface area contributed by atoms with Gasteiger partial charge in [0.05, 0.1) is 18.3 Å². The van der Waals surface area contributed by atoms with Crippen molar-refractivity contribution >= 4 is 11.6 Å². The van der Waals surface area contributed by atoms with E-state index in [1.54, 1.807) is 18.2 Å². The highest BCUT2D eigenvalue weighted by Crippen LogP contribution is 2.27. The van der Waals surface area contributed by atoms with Gasteiger partial charge in [-0.15, -0.1) is 10.2 Å². The van der Waals surface area contributed by atoms with Crippen LogP contribution in [0.25, 0.3) is 17.1 Å². The van der Waals surface area contributed by atoms with Crippen LogP contribution in [0.5, 0.6) is 0 Å². The summed E-state index contributed by atoms with van der Waals surface area (Å²) >= 11 is 6.35. The van der Waals surface area contributed by atoms with E-state index in [2.05, 4.69) is 20.5 Å². The Hall–Kier alpha value is -3.06. The van der Waals surface area contributed by atoms with Crippen LogP contribution in [0.2, 0.25) is 5.15 Å². The molecule has 4 rings (SSSR count). The molecule has 0 saturated carbocycles. The third-order valence-corrected chi connectivity index (χ3v) is 4.02. The van der Waals surface area contributed by atoms with Crippen LogP contribution in [-0.4, -0.2) is 30.0 Å². The summed E-state index contributed by atoms with van der Waals surface area (Å²) in [6.07, 6.45) is 1.50. The fourth-order valence-electron chi connectivity index (χ4n) is 2.44. The van der Waals surface area contributed by atoms with Crippen LogP contribution in [0.4, 0.5) is 4.39 Å². The van der Waals surface area contributed by atoms with Gasteiger partial charge in [-0.25, -0.2) is 9.07 Å². The van der Waals surface area contributed by atoms with Gasteiger partial charge in [-0.05, 0) is 22.9 Å². The molecule has 4 aromatic rings. The van der Waals surface area contributed by atoms with E-state index in [0.717, 1.165) is 5.56 Å². The summed E-state index contributed by atoms with van der Waals surface area (Å²) in [7, 11) is 0. The monoisotopic (exact) mass is 354 g/mol. The van der Waals surface area contributed by atoms with Crippen LogP contribution in [0, 0.1) is 5.82 Å². The molecule has 2 aromatic carbocycles. The second-order valence-electron chi connectivity index (χ2n) is 5.34. The van der Waals surface area contributed by atoms with Crippen LogP contribution in [-0.2, 0) is 6.54 Å². The quantitative estimate of drug-likeness (QED) is 0.563. The van der Waals surface area contributed by atoms with E-state index in [1.165, 1.54) is 21.7 Å². The SMILES string of the molecule is Fc1ccccc1-n1ncc(-c2nnn(Cc3ccccc3)n2)c1Cl. The number of benzene rings is 2. The Morgan fingerprint density at radius 3 is 2.56 bits per heavy atom. The molecule has 0 spiro atoms. The Morgan fingerprint density at radius 2 is 1.76 bits per heavy atom. The predicted octanol–water partition coefficient (Wildman–Crippen LogP) is 3.37. The molecule has 8 heteroatoms. The minimum Gasteiger partial charge on any atom is -0.218 e. The number of rotatable bonds is 4. The Morgan fingerprint density at radius 1 is 1.00 bits per heavy atom. The van der Waals surface area contributed by atoms with Crippen molar-refractivity contribution in [2.45, 2.75) is 6.54 Å². The van der Waals surface area contributed by atoms with E-state index in [1.807, 2.05) is 30.3 Å². The van der Waals surface area contributed by atoms with Gasteiger partial charge in [0.25, 0.3) is 0 Å². The number of tetrazole rings is 1. The molecular weight excluding hydrogens is 343 g/mol. The van der Waals surface area contributed by atoms with E-state index < -0.39 is 5.82 Å². The molecule has 0 amide bonds. The van der Waals surface area contributed by atoms with Crippen molar-refractivity contribution in [2.24, 2.45) is 0 Å². The van der Waals surface area contributed by atoms with Crippen LogP contribution >= 0.6 is 11.6 Å². The Kier molecular flexibility index (Phi) is 3.99. The van der Waals surface area contributed by atoms with Crippen molar-refractivity contribution in [3.05, 3.63) is 77.3 Å². The molecule has 0 aliphatic carbocycles. The van der Waals surface area contributed by atoms with E-state index in [-0.39, 0.29) is 10.8 Å². The zero-order chi connectivity index (χ0) is 17.2. The van der Waals surface area contributed by atoms with E-state index in [0.29, 0.717) is 17.9 Å². The summed E-state index contributed by atoms with van der Waals surface area (Å²) in [5.41, 5.74) is 1.80. The fourth-order valence-corrected chi connectivity index (χ4v) is 2.71. The first-order valence-electron chi connectivity index (χ1n) is 7.53. The summed E-state index contributed by atoms with van der Waals surface area (Å²) in [6, 6.07) is 16.1. The topological polar surface area (TPSA) is 61.4 Å². The van der Waals surface area contributed by atoms with Gasteiger partial charge in [-0.1, -0.05) is 54.1 Å². The Labute approximate surface area is 147 Å². The van der Waals surface area contributed by atoms with Gasteiger partial charge >= 0.3 is 0 Å². The summed E-state index contributed by atoms with van der Waals surface area (Å²) < 4.78 is 15.3. The van der Waals surface area contributed by atoms with E-state index in [9.17, 15) is 4.39 Å². The number of para-hydroxylation sites is 1. The molecule has 2 heterocycles. The Bertz CT molecular complexity index is 1010. The smallest absolute Gasteiger partial charge is 0.209 e. The number of hydrogen-bond donors (Lipinski definition) is 0. The summed E-state index contributed by atoms with van der Waals surface area (Å²) in [6.45, 7) is 0.493. The molecule has 2 aromatic heterocycles. The third kappa shape index (κ3) is 3.01. The molecule has 0 fully saturated rings. The molecule has 0 N–H and O–H groups in total. The van der Waals surface area contributed by atoms with Crippen molar-refractivity contribution in [2.75, 3.05) is 0 Å². The third-order valence-electron chi connectivity index (χ3n) is 3.65. The fraction of sp³-hybridized carbons (Fsp3) is 0.0588. The normalized spacial score (nSPS) is 11.0. The molecule has 0 atom stereocenters. The van der Waals surface area contributed by atoms with Crippen LogP contribution < -0.4 is 0 Å². The first-order chi connectivity index (χ1) is 12.2. The number of halogens is 2. The van der Waals surface area contributed by atoms with Crippen molar-refractivity contribution in [3.8, 4) is 17.1 Å². The zero-order valence-electron chi connectivity index (χ0n) is 12.9. The Balaban J connectivity index is 1.64.